The van der Waals surface area contributed by atoms with E-state index in [9.17, 15) is 4.79 Å². The van der Waals surface area contributed by atoms with Crippen LogP contribution in [0.1, 0.15) is 5.56 Å². The summed E-state index contributed by atoms with van der Waals surface area (Å²) in [6.07, 6.45) is 0. The fraction of sp³-hybridized carbons (Fsp3) is 0.364. The molecule has 0 aromatic heterocycles. The van der Waals surface area contributed by atoms with Gasteiger partial charge in [-0.2, -0.15) is 0 Å². The van der Waals surface area contributed by atoms with Crippen molar-refractivity contribution in [3.05, 3.63) is 35.9 Å². The molecule has 0 bridgehead atoms. The summed E-state index contributed by atoms with van der Waals surface area (Å²) >= 11 is 2.01. The monoisotopic (exact) mass is 320 g/mol. The molecular weight excluding hydrogens is 307 g/mol. The summed E-state index contributed by atoms with van der Waals surface area (Å²) in [5.41, 5.74) is 1.10. The molecule has 1 atom stereocenters. The molecule has 0 aliphatic heterocycles. The van der Waals surface area contributed by atoms with Crippen LogP contribution in [-0.2, 0) is 20.9 Å². The number of alkyl halides is 1. The Morgan fingerprint density at radius 1 is 1.40 bits per heavy atom. The largest absolute Gasteiger partial charge is 0.468 e. The minimum atomic E-state index is -0.247. The molecule has 1 rings (SSSR count). The van der Waals surface area contributed by atoms with Crippen molar-refractivity contribution < 1.29 is 14.3 Å². The third-order valence-corrected chi connectivity index (χ3v) is 2.70. The first-order chi connectivity index (χ1) is 7.24. The van der Waals surface area contributed by atoms with Gasteiger partial charge < -0.3 is 9.47 Å². The van der Waals surface area contributed by atoms with Crippen molar-refractivity contribution in [2.75, 3.05) is 13.7 Å². The molecule has 82 valence electrons. The molecule has 0 saturated carbocycles. The van der Waals surface area contributed by atoms with E-state index in [2.05, 4.69) is 4.74 Å². The number of methoxy groups -OCH3 is 1. The zero-order valence-corrected chi connectivity index (χ0v) is 10.6. The highest BCUT2D eigenvalue weighted by molar-refractivity contribution is 14.1. The van der Waals surface area contributed by atoms with E-state index < -0.39 is 0 Å². The first-order valence-electron chi connectivity index (χ1n) is 4.57. The molecule has 0 saturated heterocycles. The van der Waals surface area contributed by atoms with Crippen LogP contribution in [0.3, 0.4) is 0 Å². The van der Waals surface area contributed by atoms with Crippen LogP contribution in [0.4, 0.5) is 0 Å². The zero-order chi connectivity index (χ0) is 11.1. The number of halogens is 1. The van der Waals surface area contributed by atoms with Gasteiger partial charge in [-0.25, -0.2) is 0 Å². The van der Waals surface area contributed by atoms with Gasteiger partial charge in [0.15, 0.2) is 0 Å². The second kappa shape index (κ2) is 6.79. The third-order valence-electron chi connectivity index (χ3n) is 1.83. The number of esters is 1. The van der Waals surface area contributed by atoms with E-state index in [0.717, 1.165) is 5.56 Å². The van der Waals surface area contributed by atoms with Crippen molar-refractivity contribution in [3.63, 3.8) is 0 Å². The number of benzene rings is 1. The van der Waals surface area contributed by atoms with Gasteiger partial charge in [0.25, 0.3) is 0 Å². The number of rotatable bonds is 5. The van der Waals surface area contributed by atoms with E-state index in [-0.39, 0.29) is 9.89 Å². The average Bonchev–Trinajstić information content (AvgIpc) is 2.29. The second-order valence-corrected chi connectivity index (χ2v) is 4.50. The lowest BCUT2D eigenvalue weighted by atomic mass is 10.2. The summed E-state index contributed by atoms with van der Waals surface area (Å²) in [6.45, 7) is 0.902. The minimum absolute atomic E-state index is 0.240. The van der Waals surface area contributed by atoms with Gasteiger partial charge >= 0.3 is 5.97 Å². The average molecular weight is 320 g/mol. The van der Waals surface area contributed by atoms with Gasteiger partial charge in [-0.05, 0) is 5.56 Å². The van der Waals surface area contributed by atoms with Crippen molar-refractivity contribution >= 4 is 28.6 Å². The Balaban J connectivity index is 2.25. The van der Waals surface area contributed by atoms with E-state index in [1.165, 1.54) is 7.11 Å². The quantitative estimate of drug-likeness (QED) is 0.474. The molecule has 0 N–H and O–H groups in total. The van der Waals surface area contributed by atoms with Gasteiger partial charge in [-0.15, -0.1) is 0 Å². The molecule has 1 aromatic rings. The Morgan fingerprint density at radius 2 is 2.07 bits per heavy atom. The summed E-state index contributed by atoms with van der Waals surface area (Å²) in [5, 5.41) is 0. The smallest absolute Gasteiger partial charge is 0.321 e. The van der Waals surface area contributed by atoms with Crippen LogP contribution < -0.4 is 0 Å². The van der Waals surface area contributed by atoms with Gasteiger partial charge in [0.1, 0.15) is 3.92 Å². The van der Waals surface area contributed by atoms with Crippen LogP contribution in [0.5, 0.6) is 0 Å². The number of carbonyl (C=O) groups is 1. The van der Waals surface area contributed by atoms with Crippen LogP contribution in [0.15, 0.2) is 30.3 Å². The molecule has 1 aromatic carbocycles. The maximum absolute atomic E-state index is 11.0. The molecule has 15 heavy (non-hydrogen) atoms. The Labute approximate surface area is 103 Å². The van der Waals surface area contributed by atoms with E-state index in [1.54, 1.807) is 0 Å². The fourth-order valence-electron chi connectivity index (χ4n) is 1.05. The highest BCUT2D eigenvalue weighted by Crippen LogP contribution is 2.06. The molecule has 0 aliphatic carbocycles. The molecule has 0 amide bonds. The molecule has 0 heterocycles. The van der Waals surface area contributed by atoms with E-state index >= 15 is 0 Å². The topological polar surface area (TPSA) is 35.5 Å². The Kier molecular flexibility index (Phi) is 5.63. The molecule has 0 fully saturated rings. The molecule has 4 heteroatoms. The summed E-state index contributed by atoms with van der Waals surface area (Å²) < 4.78 is 9.74. The van der Waals surface area contributed by atoms with Crippen LogP contribution in [0, 0.1) is 0 Å². The lowest BCUT2D eigenvalue weighted by molar-refractivity contribution is -0.140. The predicted molar refractivity (Wildman–Crippen MR) is 65.9 cm³/mol. The van der Waals surface area contributed by atoms with Gasteiger partial charge in [0, 0.05) is 0 Å². The molecule has 0 spiro atoms. The number of carbonyl (C=O) groups excluding carboxylic acids is 1. The van der Waals surface area contributed by atoms with Crippen LogP contribution >= 0.6 is 22.6 Å². The number of ether oxygens (including phenoxy) is 2. The highest BCUT2D eigenvalue weighted by Gasteiger charge is 2.14. The van der Waals surface area contributed by atoms with Crippen molar-refractivity contribution in [2.45, 2.75) is 10.5 Å². The Hall–Kier alpha value is -0.620. The van der Waals surface area contributed by atoms with Gasteiger partial charge in [0.2, 0.25) is 0 Å². The van der Waals surface area contributed by atoms with Crippen LogP contribution in [-0.4, -0.2) is 23.6 Å². The van der Waals surface area contributed by atoms with E-state index in [1.807, 2.05) is 52.9 Å². The summed E-state index contributed by atoms with van der Waals surface area (Å²) in [6, 6.07) is 9.85. The summed E-state index contributed by atoms with van der Waals surface area (Å²) in [4.78, 5) is 11.0. The Morgan fingerprint density at radius 3 is 2.67 bits per heavy atom. The van der Waals surface area contributed by atoms with E-state index in [0.29, 0.717) is 13.2 Å². The minimum Gasteiger partial charge on any atom is -0.468 e. The van der Waals surface area contributed by atoms with E-state index in [4.69, 9.17) is 4.74 Å². The van der Waals surface area contributed by atoms with Crippen molar-refractivity contribution in [1.29, 1.82) is 0 Å². The standard InChI is InChI=1S/C11H13IO3/c1-14-11(13)10(12)8-15-7-9-5-3-2-4-6-9/h2-6,10H,7-8H2,1H3/t10-/m0/s1. The van der Waals surface area contributed by atoms with Crippen LogP contribution in [0.2, 0.25) is 0 Å². The number of hydrogen-bond acceptors (Lipinski definition) is 3. The Bertz CT molecular complexity index is 300. The number of hydrogen-bond donors (Lipinski definition) is 0. The maximum Gasteiger partial charge on any atom is 0.321 e. The normalized spacial score (nSPS) is 12.1. The maximum atomic E-state index is 11.0. The highest BCUT2D eigenvalue weighted by atomic mass is 127. The molecule has 0 aliphatic rings. The van der Waals surface area contributed by atoms with Crippen molar-refractivity contribution in [2.24, 2.45) is 0 Å². The first kappa shape index (κ1) is 12.4. The first-order valence-corrected chi connectivity index (χ1v) is 5.82. The lowest BCUT2D eigenvalue weighted by Gasteiger charge is -2.08. The second-order valence-electron chi connectivity index (χ2n) is 2.99. The van der Waals surface area contributed by atoms with Crippen molar-refractivity contribution in [3.8, 4) is 0 Å². The molecule has 3 nitrogen and oxygen atoms in total. The summed E-state index contributed by atoms with van der Waals surface area (Å²) in [7, 11) is 1.38. The van der Waals surface area contributed by atoms with Gasteiger partial charge in [-0.1, -0.05) is 52.9 Å². The predicted octanol–water partition coefficient (Wildman–Crippen LogP) is 2.18. The molecule has 0 radical (unpaired) electrons. The third kappa shape index (κ3) is 4.61. The van der Waals surface area contributed by atoms with Crippen LogP contribution in [0.25, 0.3) is 0 Å². The lowest BCUT2D eigenvalue weighted by Crippen LogP contribution is -2.21. The molecular formula is C11H13IO3. The zero-order valence-electron chi connectivity index (χ0n) is 8.48. The van der Waals surface area contributed by atoms with Crippen molar-refractivity contribution in [1.82, 2.24) is 0 Å². The SMILES string of the molecule is COC(=O)[C@@H](I)COCc1ccccc1. The van der Waals surface area contributed by atoms with Gasteiger partial charge in [0.05, 0.1) is 20.3 Å². The fourth-order valence-corrected chi connectivity index (χ4v) is 1.56. The summed E-state index contributed by atoms with van der Waals surface area (Å²) in [5.74, 6) is -0.247. The molecule has 0 unspecified atom stereocenters. The van der Waals surface area contributed by atoms with Gasteiger partial charge in [-0.3, -0.25) is 4.79 Å².